The summed E-state index contributed by atoms with van der Waals surface area (Å²) in [6.45, 7) is 0.480. The van der Waals surface area contributed by atoms with Gasteiger partial charge < -0.3 is 0 Å². The van der Waals surface area contributed by atoms with Crippen LogP contribution >= 0.6 is 37.9 Å². The van der Waals surface area contributed by atoms with Crippen LogP contribution in [0.1, 0.15) is 6.42 Å². The van der Waals surface area contributed by atoms with Crippen LogP contribution in [0.25, 0.3) is 0 Å². The lowest BCUT2D eigenvalue weighted by atomic mass is 10.3. The molecule has 0 aliphatic carbocycles. The molecular weight excluding hydrogens is 192 g/mol. The minimum Gasteiger partial charge on any atom is -0.206 e. The lowest BCUT2D eigenvalue weighted by Gasteiger charge is -2.28. The van der Waals surface area contributed by atoms with Crippen LogP contribution in [0.15, 0.2) is 0 Å². The van der Waals surface area contributed by atoms with E-state index in [2.05, 4.69) is 47.8 Å². The second kappa shape index (κ2) is 3.55. The smallest absolute Gasteiger partial charge is 0.131 e. The van der Waals surface area contributed by atoms with Gasteiger partial charge in [-0.15, -0.1) is 37.9 Å². The monoisotopic (exact) mass is 200 g/mol. The van der Waals surface area contributed by atoms with Gasteiger partial charge in [0.25, 0.3) is 0 Å². The fourth-order valence-corrected chi connectivity index (χ4v) is 1.09. The first-order chi connectivity index (χ1) is 4.61. The first kappa shape index (κ1) is 9.02. The summed E-state index contributed by atoms with van der Waals surface area (Å²) in [5.41, 5.74) is 0. The zero-order valence-corrected chi connectivity index (χ0v) is 7.74. The highest BCUT2D eigenvalue weighted by atomic mass is 32.2. The van der Waals surface area contributed by atoms with Crippen molar-refractivity contribution >= 4 is 37.9 Å². The molecule has 10 heavy (non-hydrogen) atoms. The molecule has 0 bridgehead atoms. The Kier molecular flexibility index (Phi) is 3.20. The van der Waals surface area contributed by atoms with Crippen molar-refractivity contribution in [1.82, 2.24) is 0 Å². The molecular formula is C4H8O3S3. The van der Waals surface area contributed by atoms with Crippen LogP contribution in [0.2, 0.25) is 0 Å². The lowest BCUT2D eigenvalue weighted by molar-refractivity contribution is -0.547. The fourth-order valence-electron chi connectivity index (χ4n) is 0.571. The van der Waals surface area contributed by atoms with Gasteiger partial charge in [0, 0.05) is 6.42 Å². The van der Waals surface area contributed by atoms with Crippen LogP contribution in [0.5, 0.6) is 0 Å². The number of rotatable bonds is 1. The molecule has 0 amide bonds. The normalized spacial score (nSPS) is 28.5. The second-order valence-electron chi connectivity index (χ2n) is 1.95. The summed E-state index contributed by atoms with van der Waals surface area (Å²) < 4.78 is -0.774. The van der Waals surface area contributed by atoms with Crippen molar-refractivity contribution < 1.29 is 14.8 Å². The maximum absolute atomic E-state index is 4.69. The summed E-state index contributed by atoms with van der Waals surface area (Å²) >= 11 is 12.2. The summed E-state index contributed by atoms with van der Waals surface area (Å²) in [6.07, 6.45) is 0.424. The standard InChI is InChI=1S/C4H8O3S3/c8-4(9,10)3-1-2-5-7-6-3/h3,8-10H,1-2H2. The molecule has 1 aliphatic heterocycles. The minimum atomic E-state index is -0.774. The molecule has 0 radical (unpaired) electrons. The summed E-state index contributed by atoms with van der Waals surface area (Å²) in [6, 6.07) is 0. The molecule has 60 valence electrons. The topological polar surface area (TPSA) is 27.7 Å². The molecule has 0 spiro atoms. The van der Waals surface area contributed by atoms with E-state index in [4.69, 9.17) is 4.89 Å². The molecule has 0 aromatic rings. The molecule has 0 N–H and O–H groups in total. The van der Waals surface area contributed by atoms with Gasteiger partial charge in [-0.1, -0.05) is 5.04 Å². The van der Waals surface area contributed by atoms with E-state index >= 15 is 0 Å². The molecule has 0 saturated carbocycles. The maximum atomic E-state index is 4.69. The van der Waals surface area contributed by atoms with E-state index in [0.29, 0.717) is 13.0 Å². The fraction of sp³-hybridized carbons (Fsp3) is 1.00. The van der Waals surface area contributed by atoms with Gasteiger partial charge in [-0.25, -0.2) is 4.89 Å². The third-order valence-electron chi connectivity index (χ3n) is 1.10. The average Bonchev–Trinajstić information content (AvgIpc) is 1.88. The van der Waals surface area contributed by atoms with Gasteiger partial charge in [-0.3, -0.25) is 0 Å². The average molecular weight is 200 g/mol. The maximum Gasteiger partial charge on any atom is 0.131 e. The number of thiol groups is 3. The first-order valence-electron chi connectivity index (χ1n) is 2.73. The Balaban J connectivity index is 2.39. The third kappa shape index (κ3) is 2.52. The molecule has 1 rings (SSSR count). The zero-order chi connectivity index (χ0) is 7.61. The highest BCUT2D eigenvalue weighted by molar-refractivity contribution is 8.17. The Bertz CT molecular complexity index is 107. The van der Waals surface area contributed by atoms with Crippen LogP contribution < -0.4 is 0 Å². The van der Waals surface area contributed by atoms with Crippen LogP contribution in [-0.4, -0.2) is 16.1 Å². The Morgan fingerprint density at radius 2 is 2.00 bits per heavy atom. The molecule has 1 saturated heterocycles. The van der Waals surface area contributed by atoms with Crippen molar-refractivity contribution in [3.05, 3.63) is 0 Å². The van der Waals surface area contributed by atoms with Crippen molar-refractivity contribution in [2.45, 2.75) is 15.9 Å². The predicted molar refractivity (Wildman–Crippen MR) is 46.2 cm³/mol. The summed E-state index contributed by atoms with van der Waals surface area (Å²) in [4.78, 5) is 9.16. The van der Waals surface area contributed by atoms with E-state index in [-0.39, 0.29) is 6.10 Å². The summed E-state index contributed by atoms with van der Waals surface area (Å²) in [5, 5.41) is 4.26. The Labute approximate surface area is 75.5 Å². The molecule has 1 aliphatic rings. The van der Waals surface area contributed by atoms with Crippen molar-refractivity contribution in [3.8, 4) is 0 Å². The van der Waals surface area contributed by atoms with Gasteiger partial charge in [0.05, 0.1) is 6.61 Å². The second-order valence-corrected chi connectivity index (χ2v) is 5.13. The molecule has 0 aromatic heterocycles. The van der Waals surface area contributed by atoms with Crippen LogP contribution in [0, 0.1) is 0 Å². The van der Waals surface area contributed by atoms with Gasteiger partial charge in [0.15, 0.2) is 0 Å². The summed E-state index contributed by atoms with van der Waals surface area (Å²) in [7, 11) is 0. The third-order valence-corrected chi connectivity index (χ3v) is 1.96. The van der Waals surface area contributed by atoms with Crippen molar-refractivity contribution in [1.29, 1.82) is 0 Å². The van der Waals surface area contributed by atoms with Gasteiger partial charge in [0.2, 0.25) is 0 Å². The van der Waals surface area contributed by atoms with Crippen LogP contribution in [0.3, 0.4) is 0 Å². The van der Waals surface area contributed by atoms with Crippen LogP contribution in [-0.2, 0) is 14.8 Å². The lowest BCUT2D eigenvalue weighted by Crippen LogP contribution is -2.33. The van der Waals surface area contributed by atoms with Gasteiger partial charge >= 0.3 is 0 Å². The highest BCUT2D eigenvalue weighted by Gasteiger charge is 2.32. The molecule has 0 aromatic carbocycles. The zero-order valence-electron chi connectivity index (χ0n) is 5.06. The molecule has 3 nitrogen and oxygen atoms in total. The summed E-state index contributed by atoms with van der Waals surface area (Å²) in [5.74, 6) is 0. The van der Waals surface area contributed by atoms with Crippen molar-refractivity contribution in [2.75, 3.05) is 6.61 Å². The Morgan fingerprint density at radius 3 is 2.30 bits per heavy atom. The SMILES string of the molecule is SC(S)(S)C1CCOOO1. The van der Waals surface area contributed by atoms with Crippen molar-refractivity contribution in [3.63, 3.8) is 0 Å². The van der Waals surface area contributed by atoms with E-state index < -0.39 is 3.41 Å². The minimum absolute atomic E-state index is 0.253. The number of hydrogen-bond acceptors (Lipinski definition) is 6. The highest BCUT2D eigenvalue weighted by Crippen LogP contribution is 2.33. The van der Waals surface area contributed by atoms with Crippen LogP contribution in [0.4, 0.5) is 0 Å². The molecule has 6 heteroatoms. The van der Waals surface area contributed by atoms with E-state index in [1.807, 2.05) is 0 Å². The van der Waals surface area contributed by atoms with Gasteiger partial charge in [-0.05, 0) is 0 Å². The molecule has 1 fully saturated rings. The van der Waals surface area contributed by atoms with E-state index in [9.17, 15) is 0 Å². The van der Waals surface area contributed by atoms with Gasteiger partial charge in [-0.2, -0.15) is 4.89 Å². The molecule has 1 heterocycles. The largest absolute Gasteiger partial charge is 0.206 e. The number of hydrogen-bond donors (Lipinski definition) is 3. The molecule has 1 atom stereocenters. The van der Waals surface area contributed by atoms with E-state index in [1.165, 1.54) is 0 Å². The Morgan fingerprint density at radius 1 is 1.30 bits per heavy atom. The molecule has 1 unspecified atom stereocenters. The quantitative estimate of drug-likeness (QED) is 0.336. The predicted octanol–water partition coefficient (Wildman–Crippen LogP) is 1.08. The Hall–Kier alpha value is 0.930. The van der Waals surface area contributed by atoms with E-state index in [1.54, 1.807) is 0 Å². The first-order valence-corrected chi connectivity index (χ1v) is 4.07. The van der Waals surface area contributed by atoms with Crippen molar-refractivity contribution in [2.24, 2.45) is 0 Å². The van der Waals surface area contributed by atoms with Gasteiger partial charge in [0.1, 0.15) is 9.52 Å². The van der Waals surface area contributed by atoms with E-state index in [0.717, 1.165) is 0 Å².